The van der Waals surface area contributed by atoms with Crippen LogP contribution in [0.2, 0.25) is 0 Å². The van der Waals surface area contributed by atoms with E-state index < -0.39 is 0 Å². The Balaban J connectivity index is 2.64. The Morgan fingerprint density at radius 2 is 1.68 bits per heavy atom. The highest BCUT2D eigenvalue weighted by Gasteiger charge is 2.22. The average Bonchev–Trinajstić information content (AvgIpc) is 2.94. The van der Waals surface area contributed by atoms with E-state index in [0.29, 0.717) is 40.3 Å². The van der Waals surface area contributed by atoms with E-state index in [-0.39, 0.29) is 11.4 Å². The number of aromatic hydroxyl groups is 1. The molecule has 2 aromatic heterocycles. The van der Waals surface area contributed by atoms with Crippen molar-refractivity contribution < 1.29 is 13.9 Å². The minimum absolute atomic E-state index is 0.148. The lowest BCUT2D eigenvalue weighted by molar-refractivity contribution is 0.482. The van der Waals surface area contributed by atoms with Crippen molar-refractivity contribution in [2.75, 3.05) is 0 Å². The zero-order chi connectivity index (χ0) is 16.0. The third-order valence-corrected chi connectivity index (χ3v) is 4.36. The smallest absolute Gasteiger partial charge is 0.339 e. The molecule has 3 rings (SSSR count). The molecule has 22 heavy (non-hydrogen) atoms. The van der Waals surface area contributed by atoms with Crippen LogP contribution in [-0.4, -0.2) is 5.11 Å². The predicted octanol–water partition coefficient (Wildman–Crippen LogP) is 4.24. The number of benzene rings is 1. The normalized spacial score (nSPS) is 11.6. The summed E-state index contributed by atoms with van der Waals surface area (Å²) in [4.78, 5) is 12.1. The van der Waals surface area contributed by atoms with Gasteiger partial charge in [-0.3, -0.25) is 0 Å². The molecule has 0 aliphatic heterocycles. The Bertz CT molecular complexity index is 928. The summed E-state index contributed by atoms with van der Waals surface area (Å²) < 4.78 is 11.4. The lowest BCUT2D eigenvalue weighted by Gasteiger charge is -2.12. The van der Waals surface area contributed by atoms with Gasteiger partial charge in [-0.2, -0.15) is 0 Å². The zero-order valence-electron chi connectivity index (χ0n) is 13.4. The molecule has 4 heteroatoms. The van der Waals surface area contributed by atoms with E-state index in [9.17, 15) is 9.90 Å². The van der Waals surface area contributed by atoms with Crippen molar-refractivity contribution in [3.05, 3.63) is 38.9 Å². The summed E-state index contributed by atoms with van der Waals surface area (Å²) in [5, 5.41) is 12.1. The van der Waals surface area contributed by atoms with Crippen molar-refractivity contribution in [1.29, 1.82) is 0 Å². The van der Waals surface area contributed by atoms with Crippen LogP contribution in [0.3, 0.4) is 0 Å². The second-order valence-electron chi connectivity index (χ2n) is 5.54. The van der Waals surface area contributed by atoms with Crippen LogP contribution in [-0.2, 0) is 19.3 Å². The number of fused-ring (bicyclic) bond motifs is 2. The van der Waals surface area contributed by atoms with Gasteiger partial charge in [0.2, 0.25) is 0 Å². The summed E-state index contributed by atoms with van der Waals surface area (Å²) in [6.45, 7) is 7.71. The first-order valence-electron chi connectivity index (χ1n) is 7.75. The molecule has 0 aliphatic rings. The number of hydrogen-bond donors (Lipinski definition) is 1. The van der Waals surface area contributed by atoms with Crippen LogP contribution >= 0.6 is 0 Å². The first-order valence-corrected chi connectivity index (χ1v) is 7.75. The maximum Gasteiger partial charge on any atom is 0.339 e. The maximum absolute atomic E-state index is 12.1. The highest BCUT2D eigenvalue weighted by Crippen LogP contribution is 2.41. The standard InChI is InChI=1S/C18H20O4/c1-5-10-8-13-15(19)14-11(6-2)9(4)18(20)22-17(14)12(7-3)16(13)21-10/h8,19H,5-7H2,1-4H3. The van der Waals surface area contributed by atoms with Crippen molar-refractivity contribution in [2.24, 2.45) is 0 Å². The Morgan fingerprint density at radius 1 is 1.00 bits per heavy atom. The molecule has 1 aromatic carbocycles. The van der Waals surface area contributed by atoms with Gasteiger partial charge in [0, 0.05) is 17.5 Å². The topological polar surface area (TPSA) is 63.6 Å². The molecule has 3 aromatic rings. The van der Waals surface area contributed by atoms with Gasteiger partial charge in [-0.1, -0.05) is 20.8 Å². The molecule has 0 bridgehead atoms. The minimum Gasteiger partial charge on any atom is -0.506 e. The van der Waals surface area contributed by atoms with Gasteiger partial charge in [-0.15, -0.1) is 0 Å². The van der Waals surface area contributed by atoms with Crippen LogP contribution in [0.25, 0.3) is 21.9 Å². The summed E-state index contributed by atoms with van der Waals surface area (Å²) in [7, 11) is 0. The number of phenols is 1. The molecule has 0 saturated carbocycles. The van der Waals surface area contributed by atoms with Crippen LogP contribution in [0.5, 0.6) is 5.75 Å². The second kappa shape index (κ2) is 5.20. The fraction of sp³-hybridized carbons (Fsp3) is 0.389. The van der Waals surface area contributed by atoms with Crippen molar-refractivity contribution in [2.45, 2.75) is 47.0 Å². The highest BCUT2D eigenvalue weighted by molar-refractivity contribution is 6.05. The van der Waals surface area contributed by atoms with Gasteiger partial charge in [0.15, 0.2) is 0 Å². The monoisotopic (exact) mass is 300 g/mol. The third-order valence-electron chi connectivity index (χ3n) is 4.36. The number of hydrogen-bond acceptors (Lipinski definition) is 4. The Labute approximate surface area is 128 Å². The van der Waals surface area contributed by atoms with Gasteiger partial charge < -0.3 is 13.9 Å². The first-order chi connectivity index (χ1) is 10.5. The maximum atomic E-state index is 12.1. The van der Waals surface area contributed by atoms with Crippen molar-refractivity contribution in [1.82, 2.24) is 0 Å². The van der Waals surface area contributed by atoms with Crippen molar-refractivity contribution in [3.63, 3.8) is 0 Å². The molecular weight excluding hydrogens is 280 g/mol. The summed E-state index contributed by atoms with van der Waals surface area (Å²) in [6, 6.07) is 1.88. The zero-order valence-corrected chi connectivity index (χ0v) is 13.4. The fourth-order valence-electron chi connectivity index (χ4n) is 3.15. The lowest BCUT2D eigenvalue weighted by Crippen LogP contribution is -2.08. The molecule has 1 N–H and O–H groups in total. The van der Waals surface area contributed by atoms with Crippen molar-refractivity contribution in [3.8, 4) is 5.75 Å². The minimum atomic E-state index is -0.347. The molecule has 0 unspecified atom stereocenters. The van der Waals surface area contributed by atoms with Gasteiger partial charge in [-0.25, -0.2) is 4.79 Å². The molecule has 0 amide bonds. The second-order valence-corrected chi connectivity index (χ2v) is 5.54. The van der Waals surface area contributed by atoms with E-state index in [1.54, 1.807) is 6.92 Å². The molecule has 4 nitrogen and oxygen atoms in total. The Hall–Kier alpha value is -2.23. The molecule has 116 valence electrons. The first kappa shape index (κ1) is 14.7. The van der Waals surface area contributed by atoms with E-state index in [2.05, 4.69) is 0 Å². The molecule has 0 fully saturated rings. The molecule has 0 spiro atoms. The number of furan rings is 1. The van der Waals surface area contributed by atoms with Crippen LogP contribution < -0.4 is 5.63 Å². The fourth-order valence-corrected chi connectivity index (χ4v) is 3.15. The summed E-state index contributed by atoms with van der Waals surface area (Å²) in [5.41, 5.74) is 2.98. The predicted molar refractivity (Wildman–Crippen MR) is 86.8 cm³/mol. The van der Waals surface area contributed by atoms with E-state index in [4.69, 9.17) is 8.83 Å². The van der Waals surface area contributed by atoms with Gasteiger partial charge in [0.25, 0.3) is 0 Å². The molecule has 2 heterocycles. The number of aryl methyl sites for hydroxylation is 3. The van der Waals surface area contributed by atoms with Crippen LogP contribution in [0, 0.1) is 6.92 Å². The number of phenolic OH excluding ortho intramolecular Hbond substituents is 1. The van der Waals surface area contributed by atoms with Crippen LogP contribution in [0.15, 0.2) is 19.7 Å². The Morgan fingerprint density at radius 3 is 2.27 bits per heavy atom. The van der Waals surface area contributed by atoms with E-state index >= 15 is 0 Å². The third kappa shape index (κ3) is 1.86. The molecule has 0 atom stereocenters. The SMILES string of the molecule is CCc1cc2c(O)c3c(CC)c(C)c(=O)oc3c(CC)c2o1. The van der Waals surface area contributed by atoms with Crippen molar-refractivity contribution >= 4 is 21.9 Å². The number of rotatable bonds is 3. The molecule has 0 saturated heterocycles. The van der Waals surface area contributed by atoms with Gasteiger partial charge in [0.1, 0.15) is 22.7 Å². The molecule has 0 radical (unpaired) electrons. The van der Waals surface area contributed by atoms with E-state index in [1.807, 2.05) is 26.8 Å². The Kier molecular flexibility index (Phi) is 3.47. The summed E-state index contributed by atoms with van der Waals surface area (Å²) in [6.07, 6.45) is 2.07. The average molecular weight is 300 g/mol. The van der Waals surface area contributed by atoms with Crippen LogP contribution in [0.1, 0.15) is 43.2 Å². The van der Waals surface area contributed by atoms with E-state index in [0.717, 1.165) is 23.3 Å². The molecular formula is C18H20O4. The van der Waals surface area contributed by atoms with Crippen LogP contribution in [0.4, 0.5) is 0 Å². The lowest BCUT2D eigenvalue weighted by atomic mass is 9.97. The largest absolute Gasteiger partial charge is 0.506 e. The molecule has 0 aliphatic carbocycles. The van der Waals surface area contributed by atoms with Gasteiger partial charge in [-0.05, 0) is 31.4 Å². The van der Waals surface area contributed by atoms with E-state index in [1.165, 1.54) is 0 Å². The quantitative estimate of drug-likeness (QED) is 0.735. The van der Waals surface area contributed by atoms with Gasteiger partial charge >= 0.3 is 5.63 Å². The highest BCUT2D eigenvalue weighted by atomic mass is 16.4. The summed E-state index contributed by atoms with van der Waals surface area (Å²) in [5.74, 6) is 0.960. The summed E-state index contributed by atoms with van der Waals surface area (Å²) >= 11 is 0. The van der Waals surface area contributed by atoms with Gasteiger partial charge in [0.05, 0.1) is 10.8 Å².